The zero-order valence-corrected chi connectivity index (χ0v) is 8.19. The second kappa shape index (κ2) is 2.81. The van der Waals surface area contributed by atoms with Crippen LogP contribution in [0.2, 0.25) is 0 Å². The standard InChI is InChI=1S/C12H15NO/c14-12(10-5-2-1-3-6-10)9-13-8-4-7-11(12)13/h1-3,5-6,11,14H,4,7-9H2. The van der Waals surface area contributed by atoms with Crippen LogP contribution in [0.25, 0.3) is 0 Å². The van der Waals surface area contributed by atoms with Gasteiger partial charge in [-0.15, -0.1) is 0 Å². The molecule has 0 saturated carbocycles. The van der Waals surface area contributed by atoms with Gasteiger partial charge < -0.3 is 5.11 Å². The van der Waals surface area contributed by atoms with E-state index in [1.54, 1.807) is 0 Å². The average molecular weight is 189 g/mol. The highest BCUT2D eigenvalue weighted by molar-refractivity contribution is 5.29. The normalized spacial score (nSPS) is 36.5. The molecule has 2 nitrogen and oxygen atoms in total. The van der Waals surface area contributed by atoms with E-state index < -0.39 is 5.60 Å². The first-order valence-corrected chi connectivity index (χ1v) is 5.33. The molecule has 0 spiro atoms. The third kappa shape index (κ3) is 0.983. The lowest BCUT2D eigenvalue weighted by molar-refractivity contribution is -0.140. The molecular formula is C12H15NO. The summed E-state index contributed by atoms with van der Waals surface area (Å²) in [6.45, 7) is 1.99. The maximum Gasteiger partial charge on any atom is 0.118 e. The van der Waals surface area contributed by atoms with Crippen molar-refractivity contribution in [2.45, 2.75) is 24.5 Å². The second-order valence-corrected chi connectivity index (χ2v) is 4.42. The van der Waals surface area contributed by atoms with Crippen LogP contribution in [0.15, 0.2) is 30.3 Å². The molecule has 2 unspecified atom stereocenters. The van der Waals surface area contributed by atoms with E-state index in [1.807, 2.05) is 30.3 Å². The van der Waals surface area contributed by atoms with Gasteiger partial charge in [-0.05, 0) is 24.9 Å². The number of hydrogen-bond acceptors (Lipinski definition) is 2. The van der Waals surface area contributed by atoms with Crippen LogP contribution in [0.1, 0.15) is 18.4 Å². The van der Waals surface area contributed by atoms with Crippen molar-refractivity contribution in [3.63, 3.8) is 0 Å². The van der Waals surface area contributed by atoms with Crippen molar-refractivity contribution in [3.05, 3.63) is 35.9 Å². The minimum Gasteiger partial charge on any atom is -0.382 e. The van der Waals surface area contributed by atoms with Crippen LogP contribution in [0.5, 0.6) is 0 Å². The summed E-state index contributed by atoms with van der Waals surface area (Å²) in [6, 6.07) is 10.5. The van der Waals surface area contributed by atoms with Crippen molar-refractivity contribution in [1.82, 2.24) is 4.90 Å². The predicted molar refractivity (Wildman–Crippen MR) is 54.9 cm³/mol. The summed E-state index contributed by atoms with van der Waals surface area (Å²) < 4.78 is 0. The van der Waals surface area contributed by atoms with Crippen molar-refractivity contribution in [1.29, 1.82) is 0 Å². The van der Waals surface area contributed by atoms with E-state index in [0.29, 0.717) is 6.04 Å². The molecule has 1 aromatic rings. The van der Waals surface area contributed by atoms with E-state index in [4.69, 9.17) is 0 Å². The molecule has 2 heteroatoms. The summed E-state index contributed by atoms with van der Waals surface area (Å²) in [6.07, 6.45) is 2.38. The molecule has 1 aromatic carbocycles. The Morgan fingerprint density at radius 1 is 1.29 bits per heavy atom. The monoisotopic (exact) mass is 189 g/mol. The molecule has 14 heavy (non-hydrogen) atoms. The fourth-order valence-corrected chi connectivity index (χ4v) is 2.87. The zero-order valence-electron chi connectivity index (χ0n) is 8.19. The SMILES string of the molecule is OC1(c2ccccc2)CN2CCCC21. The maximum atomic E-state index is 10.5. The molecule has 2 saturated heterocycles. The highest BCUT2D eigenvalue weighted by Gasteiger charge is 2.53. The van der Waals surface area contributed by atoms with Gasteiger partial charge in [0.1, 0.15) is 5.60 Å². The molecule has 2 heterocycles. The third-order valence-corrected chi connectivity index (χ3v) is 3.63. The Kier molecular flexibility index (Phi) is 1.70. The van der Waals surface area contributed by atoms with Gasteiger partial charge in [0, 0.05) is 12.6 Å². The summed E-state index contributed by atoms with van der Waals surface area (Å²) in [5.74, 6) is 0. The highest BCUT2D eigenvalue weighted by atomic mass is 16.3. The van der Waals surface area contributed by atoms with Crippen LogP contribution in [0.4, 0.5) is 0 Å². The summed E-state index contributed by atoms with van der Waals surface area (Å²) in [7, 11) is 0. The molecule has 2 aliphatic heterocycles. The van der Waals surface area contributed by atoms with Crippen LogP contribution in [0.3, 0.4) is 0 Å². The fraction of sp³-hybridized carbons (Fsp3) is 0.500. The maximum absolute atomic E-state index is 10.5. The third-order valence-electron chi connectivity index (χ3n) is 3.63. The van der Waals surface area contributed by atoms with Crippen LogP contribution in [-0.4, -0.2) is 29.1 Å². The number of rotatable bonds is 1. The fourth-order valence-electron chi connectivity index (χ4n) is 2.87. The topological polar surface area (TPSA) is 23.5 Å². The molecule has 2 fully saturated rings. The molecule has 0 bridgehead atoms. The van der Waals surface area contributed by atoms with Gasteiger partial charge in [-0.1, -0.05) is 30.3 Å². The van der Waals surface area contributed by atoms with Gasteiger partial charge in [-0.3, -0.25) is 4.90 Å². The van der Waals surface area contributed by atoms with Crippen molar-refractivity contribution in [3.8, 4) is 0 Å². The Morgan fingerprint density at radius 2 is 2.07 bits per heavy atom. The van der Waals surface area contributed by atoms with E-state index in [-0.39, 0.29) is 0 Å². The van der Waals surface area contributed by atoms with Gasteiger partial charge in [0.15, 0.2) is 0 Å². The molecular weight excluding hydrogens is 174 g/mol. The van der Waals surface area contributed by atoms with Crippen molar-refractivity contribution >= 4 is 0 Å². The quantitative estimate of drug-likeness (QED) is 0.721. The molecule has 0 amide bonds. The molecule has 2 atom stereocenters. The van der Waals surface area contributed by atoms with Gasteiger partial charge in [0.25, 0.3) is 0 Å². The Balaban J connectivity index is 1.92. The second-order valence-electron chi connectivity index (χ2n) is 4.42. The average Bonchev–Trinajstić information content (AvgIpc) is 2.61. The molecule has 2 aliphatic rings. The van der Waals surface area contributed by atoms with Crippen LogP contribution >= 0.6 is 0 Å². The lowest BCUT2D eigenvalue weighted by Gasteiger charge is -2.51. The molecule has 3 rings (SSSR count). The Bertz CT molecular complexity index is 337. The largest absolute Gasteiger partial charge is 0.382 e. The molecule has 0 radical (unpaired) electrons. The number of aliphatic hydroxyl groups is 1. The number of hydrogen-bond donors (Lipinski definition) is 1. The number of benzene rings is 1. The zero-order chi connectivity index (χ0) is 9.60. The van der Waals surface area contributed by atoms with Crippen LogP contribution in [0, 0.1) is 0 Å². The van der Waals surface area contributed by atoms with E-state index >= 15 is 0 Å². The van der Waals surface area contributed by atoms with E-state index in [9.17, 15) is 5.11 Å². The number of fused-ring (bicyclic) bond motifs is 1. The van der Waals surface area contributed by atoms with E-state index in [0.717, 1.165) is 18.5 Å². The van der Waals surface area contributed by atoms with Gasteiger partial charge in [0.2, 0.25) is 0 Å². The molecule has 74 valence electrons. The molecule has 1 N–H and O–H groups in total. The Morgan fingerprint density at radius 3 is 2.79 bits per heavy atom. The predicted octanol–water partition coefficient (Wildman–Crippen LogP) is 1.35. The van der Waals surface area contributed by atoms with Crippen LogP contribution < -0.4 is 0 Å². The molecule has 0 aliphatic carbocycles. The van der Waals surface area contributed by atoms with Gasteiger partial charge in [-0.25, -0.2) is 0 Å². The lowest BCUT2D eigenvalue weighted by atomic mass is 9.78. The smallest absolute Gasteiger partial charge is 0.118 e. The summed E-state index contributed by atoms with van der Waals surface area (Å²) >= 11 is 0. The summed E-state index contributed by atoms with van der Waals surface area (Å²) in [4.78, 5) is 2.38. The first kappa shape index (κ1) is 8.45. The first-order valence-electron chi connectivity index (χ1n) is 5.33. The van der Waals surface area contributed by atoms with Crippen molar-refractivity contribution in [2.24, 2.45) is 0 Å². The van der Waals surface area contributed by atoms with E-state index in [2.05, 4.69) is 4.90 Å². The minimum absolute atomic E-state index is 0.380. The first-order chi connectivity index (χ1) is 6.81. The Hall–Kier alpha value is -0.860. The van der Waals surface area contributed by atoms with E-state index in [1.165, 1.54) is 13.0 Å². The lowest BCUT2D eigenvalue weighted by Crippen LogP contribution is -2.64. The molecule has 0 aromatic heterocycles. The Labute approximate surface area is 84.2 Å². The highest BCUT2D eigenvalue weighted by Crippen LogP contribution is 2.43. The van der Waals surface area contributed by atoms with Gasteiger partial charge >= 0.3 is 0 Å². The summed E-state index contributed by atoms with van der Waals surface area (Å²) in [5.41, 5.74) is 0.528. The van der Waals surface area contributed by atoms with Crippen LogP contribution in [-0.2, 0) is 5.60 Å². The van der Waals surface area contributed by atoms with Gasteiger partial charge in [0.05, 0.1) is 0 Å². The summed E-state index contributed by atoms with van der Waals surface area (Å²) in [5, 5.41) is 10.5. The van der Waals surface area contributed by atoms with Crippen molar-refractivity contribution in [2.75, 3.05) is 13.1 Å². The number of nitrogens with zero attached hydrogens (tertiary/aromatic N) is 1. The minimum atomic E-state index is -0.558. The van der Waals surface area contributed by atoms with Crippen molar-refractivity contribution < 1.29 is 5.11 Å². The van der Waals surface area contributed by atoms with Gasteiger partial charge in [-0.2, -0.15) is 0 Å².